The van der Waals surface area contributed by atoms with Crippen molar-refractivity contribution in [3.05, 3.63) is 69.4 Å². The maximum atomic E-state index is 13.2. The highest BCUT2D eigenvalue weighted by atomic mass is 79.9. The molecule has 21 heavy (non-hydrogen) atoms. The highest BCUT2D eigenvalue weighted by Crippen LogP contribution is 2.30. The molecule has 0 fully saturated rings. The first-order chi connectivity index (χ1) is 9.77. The van der Waals surface area contributed by atoms with E-state index in [-0.39, 0.29) is 5.82 Å². The van der Waals surface area contributed by atoms with Crippen LogP contribution in [-0.2, 0) is 12.6 Å². The van der Waals surface area contributed by atoms with E-state index >= 15 is 0 Å². The Hall–Kier alpha value is -1.40. The van der Waals surface area contributed by atoms with E-state index in [1.165, 1.54) is 18.2 Å². The van der Waals surface area contributed by atoms with Gasteiger partial charge in [0.25, 0.3) is 0 Å². The van der Waals surface area contributed by atoms with Gasteiger partial charge in [0, 0.05) is 6.04 Å². The summed E-state index contributed by atoms with van der Waals surface area (Å²) in [6.45, 7) is 0. The number of hydrogen-bond donors (Lipinski definition) is 1. The monoisotopic (exact) mass is 361 g/mol. The number of alkyl halides is 3. The van der Waals surface area contributed by atoms with E-state index in [0.717, 1.165) is 12.1 Å². The third-order valence-electron chi connectivity index (χ3n) is 3.11. The molecule has 0 aliphatic carbocycles. The Kier molecular flexibility index (Phi) is 4.68. The summed E-state index contributed by atoms with van der Waals surface area (Å²) in [5.74, 6) is -0.388. The second-order valence-corrected chi connectivity index (χ2v) is 5.53. The predicted molar refractivity (Wildman–Crippen MR) is 76.2 cm³/mol. The zero-order valence-electron chi connectivity index (χ0n) is 10.8. The molecule has 1 atom stereocenters. The summed E-state index contributed by atoms with van der Waals surface area (Å²) < 4.78 is 50.9. The fraction of sp³-hybridized carbons (Fsp3) is 0.200. The van der Waals surface area contributed by atoms with Crippen molar-refractivity contribution < 1.29 is 17.6 Å². The first-order valence-electron chi connectivity index (χ1n) is 6.14. The van der Waals surface area contributed by atoms with Gasteiger partial charge in [-0.1, -0.05) is 18.2 Å². The van der Waals surface area contributed by atoms with E-state index in [2.05, 4.69) is 15.9 Å². The summed E-state index contributed by atoms with van der Waals surface area (Å²) in [6, 6.07) is 8.89. The van der Waals surface area contributed by atoms with Gasteiger partial charge in [0.05, 0.1) is 10.0 Å². The van der Waals surface area contributed by atoms with Crippen molar-refractivity contribution in [3.8, 4) is 0 Å². The van der Waals surface area contributed by atoms with E-state index in [1.54, 1.807) is 12.1 Å². The molecule has 0 aliphatic heterocycles. The van der Waals surface area contributed by atoms with E-state index in [4.69, 9.17) is 5.73 Å². The molecule has 1 nitrogen and oxygen atoms in total. The minimum atomic E-state index is -4.34. The molecule has 6 heteroatoms. The van der Waals surface area contributed by atoms with Crippen molar-refractivity contribution in [1.29, 1.82) is 0 Å². The minimum Gasteiger partial charge on any atom is -0.324 e. The summed E-state index contributed by atoms with van der Waals surface area (Å²) in [7, 11) is 0. The zero-order chi connectivity index (χ0) is 15.6. The Morgan fingerprint density at radius 3 is 2.19 bits per heavy atom. The van der Waals surface area contributed by atoms with E-state index in [0.29, 0.717) is 22.0 Å². The van der Waals surface area contributed by atoms with Crippen LogP contribution in [0.15, 0.2) is 46.9 Å². The molecule has 0 amide bonds. The lowest BCUT2D eigenvalue weighted by Gasteiger charge is -2.14. The lowest BCUT2D eigenvalue weighted by molar-refractivity contribution is -0.137. The molecule has 2 rings (SSSR count). The Labute approximate surface area is 127 Å². The molecule has 0 bridgehead atoms. The van der Waals surface area contributed by atoms with Gasteiger partial charge in [-0.3, -0.25) is 0 Å². The number of nitrogens with two attached hydrogens (primary N) is 1. The van der Waals surface area contributed by atoms with Crippen molar-refractivity contribution in [2.45, 2.75) is 18.6 Å². The molecule has 0 aliphatic rings. The quantitative estimate of drug-likeness (QED) is 0.777. The maximum absolute atomic E-state index is 13.2. The predicted octanol–water partition coefficient (Wildman–Crippen LogP) is 4.85. The standard InChI is InChI=1S/C15H12BrF4N/c16-12-8-10(3-6-13(12)17)14(21)7-9-1-4-11(5-2-9)15(18,19)20/h1-6,8,14H,7,21H2. The minimum absolute atomic E-state index is 0.308. The Morgan fingerprint density at radius 2 is 1.67 bits per heavy atom. The van der Waals surface area contributed by atoms with Crippen LogP contribution in [0.4, 0.5) is 17.6 Å². The Balaban J connectivity index is 2.12. The molecule has 0 heterocycles. The van der Waals surface area contributed by atoms with Gasteiger partial charge in [-0.25, -0.2) is 4.39 Å². The third kappa shape index (κ3) is 4.04. The van der Waals surface area contributed by atoms with Crippen LogP contribution in [-0.4, -0.2) is 0 Å². The van der Waals surface area contributed by atoms with Crippen LogP contribution in [0.2, 0.25) is 0 Å². The Bertz CT molecular complexity index is 623. The molecule has 0 saturated heterocycles. The molecular weight excluding hydrogens is 350 g/mol. The molecule has 2 N–H and O–H groups in total. The van der Waals surface area contributed by atoms with Crippen LogP contribution in [0.5, 0.6) is 0 Å². The average molecular weight is 362 g/mol. The van der Waals surface area contributed by atoms with Gasteiger partial charge in [0.2, 0.25) is 0 Å². The molecule has 1 unspecified atom stereocenters. The van der Waals surface area contributed by atoms with Gasteiger partial charge in [-0.15, -0.1) is 0 Å². The first kappa shape index (κ1) is 16.0. The summed E-state index contributed by atoms with van der Waals surface area (Å²) in [5.41, 5.74) is 6.72. The number of rotatable bonds is 3. The number of benzene rings is 2. The van der Waals surface area contributed by atoms with Crippen molar-refractivity contribution in [2.75, 3.05) is 0 Å². The summed E-state index contributed by atoms with van der Waals surface area (Å²) in [4.78, 5) is 0. The molecule has 0 radical (unpaired) electrons. The van der Waals surface area contributed by atoms with E-state index in [9.17, 15) is 17.6 Å². The summed E-state index contributed by atoms with van der Waals surface area (Å²) >= 11 is 3.08. The normalized spacial score (nSPS) is 13.2. The Morgan fingerprint density at radius 1 is 1.05 bits per heavy atom. The highest BCUT2D eigenvalue weighted by molar-refractivity contribution is 9.10. The van der Waals surface area contributed by atoms with Crippen LogP contribution in [0.3, 0.4) is 0 Å². The number of hydrogen-bond acceptors (Lipinski definition) is 1. The lowest BCUT2D eigenvalue weighted by atomic mass is 9.99. The van der Waals surface area contributed by atoms with Crippen molar-refractivity contribution in [3.63, 3.8) is 0 Å². The van der Waals surface area contributed by atoms with Crippen LogP contribution in [0, 0.1) is 5.82 Å². The van der Waals surface area contributed by atoms with Gasteiger partial charge in [-0.05, 0) is 57.7 Å². The highest BCUT2D eigenvalue weighted by Gasteiger charge is 2.29. The van der Waals surface area contributed by atoms with Crippen molar-refractivity contribution in [2.24, 2.45) is 5.73 Å². The zero-order valence-corrected chi connectivity index (χ0v) is 12.4. The largest absolute Gasteiger partial charge is 0.416 e. The van der Waals surface area contributed by atoms with Gasteiger partial charge >= 0.3 is 6.18 Å². The lowest BCUT2D eigenvalue weighted by Crippen LogP contribution is -2.14. The van der Waals surface area contributed by atoms with Crippen molar-refractivity contribution >= 4 is 15.9 Å². The smallest absolute Gasteiger partial charge is 0.324 e. The van der Waals surface area contributed by atoms with E-state index < -0.39 is 17.8 Å². The van der Waals surface area contributed by atoms with Gasteiger partial charge in [0.15, 0.2) is 0 Å². The van der Waals surface area contributed by atoms with Crippen LogP contribution < -0.4 is 5.73 Å². The second-order valence-electron chi connectivity index (χ2n) is 4.68. The molecule has 0 aromatic heterocycles. The SMILES string of the molecule is NC(Cc1ccc(C(F)(F)F)cc1)c1ccc(F)c(Br)c1. The molecule has 0 spiro atoms. The average Bonchev–Trinajstić information content (AvgIpc) is 2.41. The van der Waals surface area contributed by atoms with Crippen LogP contribution in [0.1, 0.15) is 22.7 Å². The first-order valence-corrected chi connectivity index (χ1v) is 6.93. The van der Waals surface area contributed by atoms with Crippen LogP contribution in [0.25, 0.3) is 0 Å². The molecular formula is C15H12BrF4N. The molecule has 0 saturated carbocycles. The fourth-order valence-corrected chi connectivity index (χ4v) is 2.34. The maximum Gasteiger partial charge on any atom is 0.416 e. The molecule has 112 valence electrons. The second kappa shape index (κ2) is 6.15. The van der Waals surface area contributed by atoms with Crippen molar-refractivity contribution in [1.82, 2.24) is 0 Å². The fourth-order valence-electron chi connectivity index (χ4n) is 1.94. The molecule has 2 aromatic rings. The van der Waals surface area contributed by atoms with Gasteiger partial charge < -0.3 is 5.73 Å². The van der Waals surface area contributed by atoms with E-state index in [1.807, 2.05) is 0 Å². The molecule has 2 aromatic carbocycles. The van der Waals surface area contributed by atoms with Gasteiger partial charge in [0.1, 0.15) is 5.82 Å². The van der Waals surface area contributed by atoms with Gasteiger partial charge in [-0.2, -0.15) is 13.2 Å². The summed E-state index contributed by atoms with van der Waals surface area (Å²) in [5, 5.41) is 0. The van der Waals surface area contributed by atoms with Crippen LogP contribution >= 0.6 is 15.9 Å². The number of halogens is 5. The summed E-state index contributed by atoms with van der Waals surface area (Å²) in [6.07, 6.45) is -3.97. The third-order valence-corrected chi connectivity index (χ3v) is 3.72. The topological polar surface area (TPSA) is 26.0 Å².